The Morgan fingerprint density at radius 1 is 1.04 bits per heavy atom. The number of amides is 3. The molecule has 2 atom stereocenters. The van der Waals surface area contributed by atoms with Gasteiger partial charge in [0, 0.05) is 30.5 Å². The summed E-state index contributed by atoms with van der Waals surface area (Å²) in [5.41, 5.74) is 7.64. The summed E-state index contributed by atoms with van der Waals surface area (Å²) in [5, 5.41) is 3.25. The maximum atomic E-state index is 12.7. The number of fused-ring (bicyclic) bond motifs is 2. The molecule has 3 aliphatic rings. The Balaban J connectivity index is 0.00000225. The molecule has 0 aromatic heterocycles. The maximum Gasteiger partial charge on any atom is 0.251 e. The fourth-order valence-corrected chi connectivity index (χ4v) is 5.00. The van der Waals surface area contributed by atoms with Gasteiger partial charge in [0.15, 0.2) is 0 Å². The summed E-state index contributed by atoms with van der Waals surface area (Å²) in [6.45, 7) is 0.282. The van der Waals surface area contributed by atoms with Crippen molar-refractivity contribution in [3.63, 3.8) is 0 Å². The standard InChI is InChI=1S/C21H27N3O3.ClH/c22-17-10-15-2-1-3-16(11-17)20(15)23-21(27)14-6-4-13(5-7-14)12-24-18(25)8-9-19(24)26;/h4-7,15-17,20H,1-3,8-12,22H2,(H,23,27);1H. The molecule has 3 fully saturated rings. The van der Waals surface area contributed by atoms with Gasteiger partial charge >= 0.3 is 0 Å². The highest BCUT2D eigenvalue weighted by Gasteiger charge is 2.40. The first-order chi connectivity index (χ1) is 13.0. The zero-order valence-electron chi connectivity index (χ0n) is 15.9. The average molecular weight is 406 g/mol. The first-order valence-corrected chi connectivity index (χ1v) is 10.00. The second kappa shape index (κ2) is 8.62. The van der Waals surface area contributed by atoms with Crippen LogP contribution >= 0.6 is 12.4 Å². The molecular weight excluding hydrogens is 378 g/mol. The van der Waals surface area contributed by atoms with Gasteiger partial charge in [-0.25, -0.2) is 0 Å². The molecule has 1 aromatic rings. The Morgan fingerprint density at radius 2 is 1.61 bits per heavy atom. The Kier molecular flexibility index (Phi) is 6.40. The number of nitrogens with two attached hydrogens (primary N) is 1. The number of hydrogen-bond acceptors (Lipinski definition) is 4. The predicted molar refractivity (Wildman–Crippen MR) is 108 cm³/mol. The van der Waals surface area contributed by atoms with Gasteiger partial charge in [-0.15, -0.1) is 12.4 Å². The summed E-state index contributed by atoms with van der Waals surface area (Å²) in [5.74, 6) is 0.686. The van der Waals surface area contributed by atoms with Gasteiger partial charge < -0.3 is 11.1 Å². The number of likely N-dealkylation sites (tertiary alicyclic amines) is 1. The molecule has 0 spiro atoms. The van der Waals surface area contributed by atoms with Crippen molar-refractivity contribution in [2.24, 2.45) is 17.6 Å². The monoisotopic (exact) mass is 405 g/mol. The van der Waals surface area contributed by atoms with Gasteiger partial charge in [0.25, 0.3) is 5.91 Å². The lowest BCUT2D eigenvalue weighted by Gasteiger charge is -2.45. The van der Waals surface area contributed by atoms with Crippen molar-refractivity contribution in [2.75, 3.05) is 0 Å². The molecule has 2 saturated carbocycles. The highest BCUT2D eigenvalue weighted by molar-refractivity contribution is 6.01. The summed E-state index contributed by atoms with van der Waals surface area (Å²) in [6.07, 6.45) is 6.12. The molecule has 1 heterocycles. The lowest BCUT2D eigenvalue weighted by molar-refractivity contribution is -0.139. The van der Waals surface area contributed by atoms with Crippen molar-refractivity contribution in [2.45, 2.75) is 63.6 Å². The number of rotatable bonds is 4. The van der Waals surface area contributed by atoms with Crippen LogP contribution in [0.15, 0.2) is 24.3 Å². The Labute approximate surface area is 171 Å². The molecule has 1 aromatic carbocycles. The molecule has 2 bridgehead atoms. The van der Waals surface area contributed by atoms with Crippen LogP contribution in [-0.4, -0.2) is 34.7 Å². The SMILES string of the molecule is Cl.NC1CC2CCCC(C1)C2NC(=O)c1ccc(CN2C(=O)CCC2=O)cc1. The Morgan fingerprint density at radius 3 is 2.18 bits per heavy atom. The second-order valence-electron chi connectivity index (χ2n) is 8.25. The summed E-state index contributed by atoms with van der Waals surface area (Å²) in [7, 11) is 0. The summed E-state index contributed by atoms with van der Waals surface area (Å²) < 4.78 is 0. The summed E-state index contributed by atoms with van der Waals surface area (Å²) >= 11 is 0. The molecular formula is C21H28ClN3O3. The van der Waals surface area contributed by atoms with Crippen molar-refractivity contribution in [3.05, 3.63) is 35.4 Å². The van der Waals surface area contributed by atoms with E-state index in [4.69, 9.17) is 5.73 Å². The lowest BCUT2D eigenvalue weighted by Crippen LogP contribution is -2.53. The summed E-state index contributed by atoms with van der Waals surface area (Å²) in [6, 6.07) is 7.70. The van der Waals surface area contributed by atoms with E-state index in [0.717, 1.165) is 31.2 Å². The fraction of sp³-hybridized carbons (Fsp3) is 0.571. The Hall–Kier alpha value is -1.92. The van der Waals surface area contributed by atoms with Crippen LogP contribution in [0.5, 0.6) is 0 Å². The van der Waals surface area contributed by atoms with Crippen LogP contribution in [0.1, 0.15) is 60.9 Å². The van der Waals surface area contributed by atoms with Crippen molar-refractivity contribution < 1.29 is 14.4 Å². The fourth-order valence-electron chi connectivity index (χ4n) is 5.00. The van der Waals surface area contributed by atoms with E-state index in [2.05, 4.69) is 5.32 Å². The predicted octanol–water partition coefficient (Wildman–Crippen LogP) is 2.39. The molecule has 6 nitrogen and oxygen atoms in total. The molecule has 1 saturated heterocycles. The number of nitrogens with zero attached hydrogens (tertiary/aromatic N) is 1. The largest absolute Gasteiger partial charge is 0.349 e. The first kappa shape index (κ1) is 20.8. The third-order valence-corrected chi connectivity index (χ3v) is 6.39. The maximum absolute atomic E-state index is 12.7. The summed E-state index contributed by atoms with van der Waals surface area (Å²) in [4.78, 5) is 37.5. The molecule has 2 aliphatic carbocycles. The van der Waals surface area contributed by atoms with Crippen LogP contribution in [0.25, 0.3) is 0 Å². The minimum atomic E-state index is -0.121. The highest BCUT2D eigenvalue weighted by atomic mass is 35.5. The quantitative estimate of drug-likeness (QED) is 0.752. The molecule has 152 valence electrons. The number of hydrogen-bond donors (Lipinski definition) is 2. The minimum absolute atomic E-state index is 0. The highest BCUT2D eigenvalue weighted by Crippen LogP contribution is 2.39. The third kappa shape index (κ3) is 4.23. The van der Waals surface area contributed by atoms with Gasteiger partial charge in [0.2, 0.25) is 11.8 Å². The number of nitrogens with one attached hydrogen (secondary N) is 1. The first-order valence-electron chi connectivity index (χ1n) is 10.00. The molecule has 3 amide bonds. The van der Waals surface area contributed by atoms with E-state index >= 15 is 0 Å². The van der Waals surface area contributed by atoms with E-state index in [1.54, 1.807) is 12.1 Å². The average Bonchev–Trinajstić information content (AvgIpc) is 2.95. The third-order valence-electron chi connectivity index (χ3n) is 6.39. The second-order valence-corrected chi connectivity index (χ2v) is 8.25. The van der Waals surface area contributed by atoms with Crippen molar-refractivity contribution in [1.29, 1.82) is 0 Å². The molecule has 7 heteroatoms. The van der Waals surface area contributed by atoms with E-state index in [9.17, 15) is 14.4 Å². The van der Waals surface area contributed by atoms with E-state index in [-0.39, 0.29) is 48.8 Å². The molecule has 3 N–H and O–H groups in total. The van der Waals surface area contributed by atoms with Gasteiger partial charge in [-0.3, -0.25) is 19.3 Å². The number of halogens is 1. The number of imide groups is 1. The van der Waals surface area contributed by atoms with Gasteiger partial charge in [-0.1, -0.05) is 18.6 Å². The van der Waals surface area contributed by atoms with Crippen LogP contribution in [0.2, 0.25) is 0 Å². The zero-order chi connectivity index (χ0) is 19.0. The number of carbonyl (C=O) groups excluding carboxylic acids is 3. The smallest absolute Gasteiger partial charge is 0.251 e. The van der Waals surface area contributed by atoms with Crippen LogP contribution < -0.4 is 11.1 Å². The van der Waals surface area contributed by atoms with Crippen molar-refractivity contribution in [3.8, 4) is 0 Å². The van der Waals surface area contributed by atoms with Gasteiger partial charge in [-0.05, 0) is 55.2 Å². The van der Waals surface area contributed by atoms with Crippen molar-refractivity contribution >= 4 is 30.1 Å². The van der Waals surface area contributed by atoms with Gasteiger partial charge in [0.05, 0.1) is 6.54 Å². The zero-order valence-corrected chi connectivity index (χ0v) is 16.7. The van der Waals surface area contributed by atoms with Crippen LogP contribution in [0, 0.1) is 11.8 Å². The minimum Gasteiger partial charge on any atom is -0.349 e. The van der Waals surface area contributed by atoms with E-state index in [1.807, 2.05) is 12.1 Å². The van der Waals surface area contributed by atoms with E-state index in [0.29, 0.717) is 30.2 Å². The molecule has 28 heavy (non-hydrogen) atoms. The normalized spacial score (nSPS) is 29.4. The van der Waals surface area contributed by atoms with Crippen LogP contribution in [0.4, 0.5) is 0 Å². The van der Waals surface area contributed by atoms with E-state index < -0.39 is 0 Å². The van der Waals surface area contributed by atoms with Crippen LogP contribution in [-0.2, 0) is 16.1 Å². The number of carbonyl (C=O) groups is 3. The van der Waals surface area contributed by atoms with Crippen molar-refractivity contribution in [1.82, 2.24) is 10.2 Å². The molecule has 2 unspecified atom stereocenters. The lowest BCUT2D eigenvalue weighted by atomic mass is 9.67. The Bertz CT molecular complexity index is 722. The van der Waals surface area contributed by atoms with Crippen LogP contribution in [0.3, 0.4) is 0 Å². The molecule has 4 rings (SSSR count). The number of benzene rings is 1. The topological polar surface area (TPSA) is 92.5 Å². The van der Waals surface area contributed by atoms with Gasteiger partial charge in [0.1, 0.15) is 0 Å². The van der Waals surface area contributed by atoms with Gasteiger partial charge in [-0.2, -0.15) is 0 Å². The molecule has 1 aliphatic heterocycles. The molecule has 0 radical (unpaired) electrons. The van der Waals surface area contributed by atoms with E-state index in [1.165, 1.54) is 11.3 Å².